The topological polar surface area (TPSA) is 17.1 Å². The Morgan fingerprint density at radius 2 is 1.85 bits per heavy atom. The maximum absolute atomic E-state index is 12.1. The van der Waals surface area contributed by atoms with Gasteiger partial charge in [0.15, 0.2) is 0 Å². The molecule has 0 aliphatic carbocycles. The number of ketones is 1. The highest BCUT2D eigenvalue weighted by Crippen LogP contribution is 2.17. The number of hydrogen-bond donors (Lipinski definition) is 0. The molecule has 0 spiro atoms. The lowest BCUT2D eigenvalue weighted by Crippen LogP contribution is -2.06. The van der Waals surface area contributed by atoms with E-state index in [9.17, 15) is 4.79 Å². The van der Waals surface area contributed by atoms with Gasteiger partial charge in [-0.15, -0.1) is 6.42 Å². The van der Waals surface area contributed by atoms with Crippen molar-refractivity contribution in [2.45, 2.75) is 19.8 Å². The molecule has 1 nitrogen and oxygen atoms in total. The van der Waals surface area contributed by atoms with Gasteiger partial charge in [0.2, 0.25) is 0 Å². The molecule has 2 aromatic carbocycles. The number of hydrogen-bond acceptors (Lipinski definition) is 1. The Labute approximate surface area is 124 Å². The van der Waals surface area contributed by atoms with Gasteiger partial charge in [0, 0.05) is 23.4 Å². The Hall–Kier alpha value is -2.04. The van der Waals surface area contributed by atoms with Crippen molar-refractivity contribution in [3.63, 3.8) is 0 Å². The average molecular weight is 283 g/mol. The van der Waals surface area contributed by atoms with Gasteiger partial charge in [0.05, 0.1) is 0 Å². The number of carbonyl (C=O) groups excluding carboxylic acids is 1. The molecule has 0 radical (unpaired) electrons. The van der Waals surface area contributed by atoms with Crippen molar-refractivity contribution < 1.29 is 4.79 Å². The molecule has 20 heavy (non-hydrogen) atoms. The third kappa shape index (κ3) is 3.73. The van der Waals surface area contributed by atoms with E-state index in [0.717, 1.165) is 27.3 Å². The minimum absolute atomic E-state index is 0.167. The first-order valence-electron chi connectivity index (χ1n) is 6.41. The van der Waals surface area contributed by atoms with E-state index in [1.807, 2.05) is 49.4 Å². The number of Topliss-reactive ketones (excluding diaryl/α,β-unsaturated/α-hetero) is 1. The molecule has 0 aliphatic rings. The predicted molar refractivity (Wildman–Crippen MR) is 83.0 cm³/mol. The Bertz CT molecular complexity index is 680. The van der Waals surface area contributed by atoms with Crippen LogP contribution >= 0.6 is 11.6 Å². The Balaban J connectivity index is 2.05. The zero-order chi connectivity index (χ0) is 14.5. The van der Waals surface area contributed by atoms with Crippen molar-refractivity contribution in [1.29, 1.82) is 0 Å². The van der Waals surface area contributed by atoms with Crippen LogP contribution < -0.4 is 0 Å². The smallest absolute Gasteiger partial charge is 0.141 e. The van der Waals surface area contributed by atoms with E-state index in [2.05, 4.69) is 5.92 Å². The third-order valence-electron chi connectivity index (χ3n) is 3.12. The van der Waals surface area contributed by atoms with Crippen molar-refractivity contribution in [3.05, 3.63) is 69.7 Å². The van der Waals surface area contributed by atoms with Crippen molar-refractivity contribution >= 4 is 17.4 Å². The molecule has 0 amide bonds. The van der Waals surface area contributed by atoms with Gasteiger partial charge in [-0.25, -0.2) is 0 Å². The molecule has 0 saturated carbocycles. The van der Waals surface area contributed by atoms with E-state index in [-0.39, 0.29) is 5.78 Å². The van der Waals surface area contributed by atoms with Gasteiger partial charge in [-0.2, -0.15) is 0 Å². The van der Waals surface area contributed by atoms with E-state index < -0.39 is 0 Å². The van der Waals surface area contributed by atoms with Crippen LogP contribution in [0.1, 0.15) is 22.3 Å². The van der Waals surface area contributed by atoms with E-state index in [0.29, 0.717) is 12.8 Å². The lowest BCUT2D eigenvalue weighted by molar-refractivity contribution is -0.117. The lowest BCUT2D eigenvalue weighted by Gasteiger charge is -2.05. The average Bonchev–Trinajstić information content (AvgIpc) is 2.43. The van der Waals surface area contributed by atoms with Crippen LogP contribution in [-0.4, -0.2) is 5.78 Å². The summed E-state index contributed by atoms with van der Waals surface area (Å²) in [5.74, 6) is 2.75. The summed E-state index contributed by atoms with van der Waals surface area (Å²) < 4.78 is 0. The molecular weight excluding hydrogens is 268 g/mol. The molecule has 0 fully saturated rings. The number of carbonyl (C=O) groups is 1. The van der Waals surface area contributed by atoms with Crippen LogP contribution in [0.25, 0.3) is 0 Å². The van der Waals surface area contributed by atoms with E-state index in [1.54, 1.807) is 0 Å². The van der Waals surface area contributed by atoms with Crippen LogP contribution in [0.2, 0.25) is 5.02 Å². The van der Waals surface area contributed by atoms with Gasteiger partial charge in [-0.3, -0.25) is 4.79 Å². The second-order valence-electron chi connectivity index (χ2n) is 4.82. The normalized spacial score (nSPS) is 10.1. The standard InChI is InChI=1S/C18H15ClO/c1-3-14-5-4-6-15(10-14)11-17(20)12-16-7-8-18(19)13(2)9-16/h1,4-10H,11-12H2,2H3. The maximum atomic E-state index is 12.1. The molecule has 100 valence electrons. The van der Waals surface area contributed by atoms with Gasteiger partial charge in [0.1, 0.15) is 5.78 Å². The first-order valence-corrected chi connectivity index (χ1v) is 6.78. The second-order valence-corrected chi connectivity index (χ2v) is 5.23. The van der Waals surface area contributed by atoms with Gasteiger partial charge in [-0.1, -0.05) is 41.8 Å². The highest BCUT2D eigenvalue weighted by Gasteiger charge is 2.07. The third-order valence-corrected chi connectivity index (χ3v) is 3.54. The molecule has 2 aromatic rings. The molecule has 0 unspecified atom stereocenters. The maximum Gasteiger partial charge on any atom is 0.141 e. The van der Waals surface area contributed by atoms with E-state index in [4.69, 9.17) is 18.0 Å². The van der Waals surface area contributed by atoms with Crippen LogP contribution in [0.3, 0.4) is 0 Å². The minimum Gasteiger partial charge on any atom is -0.299 e. The lowest BCUT2D eigenvalue weighted by atomic mass is 10.0. The molecule has 0 saturated heterocycles. The largest absolute Gasteiger partial charge is 0.299 e. The molecule has 2 rings (SSSR count). The van der Waals surface area contributed by atoms with Crippen molar-refractivity contribution in [2.24, 2.45) is 0 Å². The number of aryl methyl sites for hydroxylation is 1. The zero-order valence-electron chi connectivity index (χ0n) is 11.3. The van der Waals surface area contributed by atoms with Crippen molar-refractivity contribution in [2.75, 3.05) is 0 Å². The summed E-state index contributed by atoms with van der Waals surface area (Å²) in [6.45, 7) is 1.94. The predicted octanol–water partition coefficient (Wildman–Crippen LogP) is 3.98. The number of benzene rings is 2. The molecule has 0 bridgehead atoms. The quantitative estimate of drug-likeness (QED) is 0.775. The van der Waals surface area contributed by atoms with Gasteiger partial charge in [0.25, 0.3) is 0 Å². The Morgan fingerprint density at radius 1 is 1.15 bits per heavy atom. The van der Waals surface area contributed by atoms with Gasteiger partial charge >= 0.3 is 0 Å². The zero-order valence-corrected chi connectivity index (χ0v) is 12.1. The van der Waals surface area contributed by atoms with Crippen LogP contribution in [0.15, 0.2) is 42.5 Å². The fourth-order valence-corrected chi connectivity index (χ4v) is 2.22. The first kappa shape index (κ1) is 14.4. The SMILES string of the molecule is C#Cc1cccc(CC(=O)Cc2ccc(Cl)c(C)c2)c1. The summed E-state index contributed by atoms with van der Waals surface area (Å²) >= 11 is 5.98. The summed E-state index contributed by atoms with van der Waals surface area (Å²) in [7, 11) is 0. The number of rotatable bonds is 4. The van der Waals surface area contributed by atoms with E-state index in [1.165, 1.54) is 0 Å². The highest BCUT2D eigenvalue weighted by atomic mass is 35.5. The van der Waals surface area contributed by atoms with Crippen LogP contribution in [-0.2, 0) is 17.6 Å². The minimum atomic E-state index is 0.167. The molecular formula is C18H15ClO. The summed E-state index contributed by atoms with van der Waals surface area (Å²) in [4.78, 5) is 12.1. The molecule has 0 heterocycles. The number of terminal acetylenes is 1. The molecule has 0 N–H and O–H groups in total. The molecule has 0 aromatic heterocycles. The van der Waals surface area contributed by atoms with Crippen molar-refractivity contribution in [3.8, 4) is 12.3 Å². The van der Waals surface area contributed by atoms with E-state index >= 15 is 0 Å². The monoisotopic (exact) mass is 282 g/mol. The molecule has 0 atom stereocenters. The van der Waals surface area contributed by atoms with Crippen LogP contribution in [0.4, 0.5) is 0 Å². The van der Waals surface area contributed by atoms with Gasteiger partial charge < -0.3 is 0 Å². The summed E-state index contributed by atoms with van der Waals surface area (Å²) in [5, 5.41) is 0.725. The fraction of sp³-hybridized carbons (Fsp3) is 0.167. The van der Waals surface area contributed by atoms with Gasteiger partial charge in [-0.05, 0) is 41.8 Å². The molecule has 2 heteroatoms. The number of halogens is 1. The van der Waals surface area contributed by atoms with Crippen molar-refractivity contribution in [1.82, 2.24) is 0 Å². The summed E-state index contributed by atoms with van der Waals surface area (Å²) in [6.07, 6.45) is 6.17. The fourth-order valence-electron chi connectivity index (χ4n) is 2.11. The Kier molecular flexibility index (Phi) is 4.61. The van der Waals surface area contributed by atoms with Crippen LogP contribution in [0.5, 0.6) is 0 Å². The highest BCUT2D eigenvalue weighted by molar-refractivity contribution is 6.31. The first-order chi connectivity index (χ1) is 9.58. The second kappa shape index (κ2) is 6.41. The Morgan fingerprint density at radius 3 is 2.50 bits per heavy atom. The summed E-state index contributed by atoms with van der Waals surface area (Å²) in [5.41, 5.74) is 3.74. The summed E-state index contributed by atoms with van der Waals surface area (Å²) in [6, 6.07) is 13.2. The van der Waals surface area contributed by atoms with Crippen LogP contribution in [0, 0.1) is 19.3 Å². The molecule has 0 aliphatic heterocycles.